The molecule has 2 fully saturated rings. The first-order valence-electron chi connectivity index (χ1n) is 29.6. The van der Waals surface area contributed by atoms with Crippen molar-refractivity contribution >= 4 is 40.3 Å². The summed E-state index contributed by atoms with van der Waals surface area (Å²) in [6.45, 7) is 8.13. The third kappa shape index (κ3) is 35.1. The van der Waals surface area contributed by atoms with Crippen LogP contribution in [-0.4, -0.2) is 96.4 Å². The van der Waals surface area contributed by atoms with Crippen LogP contribution in [0, 0.1) is 0 Å². The Bertz CT molecular complexity index is 1380. The van der Waals surface area contributed by atoms with E-state index in [-0.39, 0.29) is 33.9 Å². The summed E-state index contributed by atoms with van der Waals surface area (Å²) in [6, 6.07) is 0. The molecule has 2 aliphatic heterocycles. The van der Waals surface area contributed by atoms with E-state index in [2.05, 4.69) is 86.8 Å². The molecule has 0 aromatic carbocycles. The second-order valence-electron chi connectivity index (χ2n) is 21.0. The minimum absolute atomic E-state index is 0.0646. The summed E-state index contributed by atoms with van der Waals surface area (Å²) in [5.41, 5.74) is 0. The van der Waals surface area contributed by atoms with Crippen molar-refractivity contribution < 1.29 is 28.6 Å². The summed E-state index contributed by atoms with van der Waals surface area (Å²) in [5, 5.41) is 3.06. The predicted octanol–water partition coefficient (Wildman–Crippen LogP) is 16.0. The Balaban J connectivity index is 1.72. The number of amides is 3. The van der Waals surface area contributed by atoms with Crippen molar-refractivity contribution in [3.8, 4) is 0 Å². The first-order chi connectivity index (χ1) is 34.7. The first-order valence-corrected chi connectivity index (χ1v) is 30.9. The smallest absolute Gasteiger partial charge is 0.242 e. The average Bonchev–Trinajstić information content (AvgIpc) is 3.83. The summed E-state index contributed by atoms with van der Waals surface area (Å²) in [6.07, 6.45) is 60.2. The van der Waals surface area contributed by atoms with Gasteiger partial charge < -0.3 is 24.4 Å². The lowest BCUT2D eigenvalue weighted by Gasteiger charge is -2.29. The second kappa shape index (κ2) is 45.5. The number of imide groups is 1. The Morgan fingerprint density at radius 3 is 1.62 bits per heavy atom. The van der Waals surface area contributed by atoms with Gasteiger partial charge in [0.15, 0.2) is 5.79 Å². The van der Waals surface area contributed by atoms with Gasteiger partial charge in [-0.1, -0.05) is 181 Å². The average molecular weight is 1110 g/mol. The molecule has 3 unspecified atom stereocenters. The number of carbonyl (C=O) groups is 3. The van der Waals surface area contributed by atoms with Crippen LogP contribution >= 0.6 is 22.6 Å². The Kier molecular flexibility index (Phi) is 41.8. The van der Waals surface area contributed by atoms with Crippen LogP contribution in [0.5, 0.6) is 0 Å². The highest BCUT2D eigenvalue weighted by molar-refractivity contribution is 14.1. The minimum atomic E-state index is -0.475. The van der Waals surface area contributed by atoms with E-state index in [0.29, 0.717) is 32.5 Å². The van der Waals surface area contributed by atoms with Crippen molar-refractivity contribution in [2.24, 2.45) is 0 Å². The summed E-state index contributed by atoms with van der Waals surface area (Å²) in [5.74, 6) is -0.527. The highest BCUT2D eigenvalue weighted by Gasteiger charge is 2.46. The third-order valence-electron chi connectivity index (χ3n) is 14.1. The summed E-state index contributed by atoms with van der Waals surface area (Å²) < 4.78 is 20.2. The lowest BCUT2D eigenvalue weighted by atomic mass is 9.98. The van der Waals surface area contributed by atoms with Crippen LogP contribution in [0.2, 0.25) is 0 Å². The SMILES string of the molecule is CCCCC/C=C\C/C=C\CCCCCCCCC1(CCCCCCCC/C=C\C/C=C\CCCCC)OC(CCOCCCCCCNC(=O)CCCCCN2C(=O)CC(I)C2=O)C(CCN(C)C)O1. The zero-order valence-electron chi connectivity index (χ0n) is 46.3. The van der Waals surface area contributed by atoms with Gasteiger partial charge in [0.1, 0.15) is 0 Å². The van der Waals surface area contributed by atoms with Gasteiger partial charge in [0.2, 0.25) is 17.7 Å². The third-order valence-corrected chi connectivity index (χ3v) is 15.1. The van der Waals surface area contributed by atoms with Crippen molar-refractivity contribution in [2.45, 2.75) is 273 Å². The number of hydrogen-bond donors (Lipinski definition) is 1. The van der Waals surface area contributed by atoms with Crippen LogP contribution in [0.25, 0.3) is 0 Å². The Morgan fingerprint density at radius 2 is 1.10 bits per heavy atom. The summed E-state index contributed by atoms with van der Waals surface area (Å²) in [4.78, 5) is 40.0. The van der Waals surface area contributed by atoms with Crippen molar-refractivity contribution in [3.05, 3.63) is 48.6 Å². The minimum Gasteiger partial charge on any atom is -0.381 e. The van der Waals surface area contributed by atoms with Crippen LogP contribution in [-0.2, 0) is 28.6 Å². The number of alkyl halides is 1. The van der Waals surface area contributed by atoms with Gasteiger partial charge >= 0.3 is 0 Å². The maximum Gasteiger partial charge on any atom is 0.242 e. The van der Waals surface area contributed by atoms with E-state index in [1.807, 2.05) is 22.6 Å². The molecule has 0 aromatic heterocycles. The Labute approximate surface area is 450 Å². The zero-order chi connectivity index (χ0) is 51.3. The fourth-order valence-corrected chi connectivity index (χ4v) is 10.4. The highest BCUT2D eigenvalue weighted by Crippen LogP contribution is 2.40. The fraction of sp³-hybridized carbons (Fsp3) is 0.820. The Morgan fingerprint density at radius 1 is 0.620 bits per heavy atom. The molecule has 1 N–H and O–H groups in total. The number of rotatable bonds is 49. The number of nitrogens with one attached hydrogen (secondary N) is 1. The van der Waals surface area contributed by atoms with E-state index >= 15 is 0 Å². The summed E-state index contributed by atoms with van der Waals surface area (Å²) in [7, 11) is 4.30. The number of unbranched alkanes of at least 4 members (excludes halogenated alkanes) is 23. The standard InChI is InChI=1S/C61H108IN3O6/c1-5-7-9-11-13-15-17-19-21-23-25-27-29-31-33-39-47-61(48-40-34-32-30-28-26-24-22-20-18-16-14-12-10-8-6-2)70-56(45-51-64(3)4)57(71-61)46-53-69-52-43-36-35-41-49-63-58(66)44-38-37-42-50-65-59(67)54-55(62)60(65)68/h13-16,19-22,55-57H,5-12,17-18,23-54H2,1-4H3,(H,63,66)/b15-13-,16-14-,21-19-,22-20-. The number of halogens is 1. The topological polar surface area (TPSA) is 97.4 Å². The maximum absolute atomic E-state index is 12.3. The highest BCUT2D eigenvalue weighted by atomic mass is 127. The molecule has 3 amide bonds. The zero-order valence-corrected chi connectivity index (χ0v) is 48.4. The molecule has 0 bridgehead atoms. The van der Waals surface area contributed by atoms with Crippen LogP contribution in [0.15, 0.2) is 48.6 Å². The largest absolute Gasteiger partial charge is 0.381 e. The van der Waals surface area contributed by atoms with Crippen molar-refractivity contribution in [1.29, 1.82) is 0 Å². The molecule has 0 aliphatic carbocycles. The number of ether oxygens (including phenoxy) is 3. The van der Waals surface area contributed by atoms with E-state index in [9.17, 15) is 14.4 Å². The lowest BCUT2D eigenvalue weighted by molar-refractivity contribution is -0.188. The predicted molar refractivity (Wildman–Crippen MR) is 308 cm³/mol. The lowest BCUT2D eigenvalue weighted by Crippen LogP contribution is -2.31. The second-order valence-corrected chi connectivity index (χ2v) is 22.5. The molecule has 10 heteroatoms. The molecule has 0 saturated carbocycles. The van der Waals surface area contributed by atoms with Gasteiger partial charge in [0, 0.05) is 58.5 Å². The van der Waals surface area contributed by atoms with E-state index in [0.717, 1.165) is 109 Å². The van der Waals surface area contributed by atoms with E-state index in [1.54, 1.807) is 0 Å². The normalized spacial score (nSPS) is 18.4. The molecule has 2 rings (SSSR count). The van der Waals surface area contributed by atoms with Gasteiger partial charge in [-0.2, -0.15) is 0 Å². The number of hydrogen-bond acceptors (Lipinski definition) is 7. The summed E-state index contributed by atoms with van der Waals surface area (Å²) >= 11 is 2.04. The van der Waals surface area contributed by atoms with Crippen LogP contribution in [0.3, 0.4) is 0 Å². The molecule has 2 heterocycles. The number of likely N-dealkylation sites (tertiary alicyclic amines) is 1. The molecular formula is C61H108IN3O6. The van der Waals surface area contributed by atoms with Gasteiger partial charge in [-0.15, -0.1) is 0 Å². The van der Waals surface area contributed by atoms with Crippen LogP contribution in [0.1, 0.15) is 251 Å². The molecule has 410 valence electrons. The van der Waals surface area contributed by atoms with Crippen LogP contribution in [0.4, 0.5) is 0 Å². The van der Waals surface area contributed by atoms with Gasteiger partial charge in [-0.3, -0.25) is 19.3 Å². The van der Waals surface area contributed by atoms with E-state index in [4.69, 9.17) is 14.2 Å². The molecule has 2 aliphatic rings. The molecular weight excluding hydrogens is 998 g/mol. The van der Waals surface area contributed by atoms with Crippen LogP contribution < -0.4 is 5.32 Å². The van der Waals surface area contributed by atoms with Gasteiger partial charge in [-0.05, 0) is 130 Å². The molecule has 0 spiro atoms. The van der Waals surface area contributed by atoms with Crippen molar-refractivity contribution in [2.75, 3.05) is 46.9 Å². The first kappa shape index (κ1) is 65.3. The molecule has 71 heavy (non-hydrogen) atoms. The van der Waals surface area contributed by atoms with Crippen molar-refractivity contribution in [3.63, 3.8) is 0 Å². The number of carbonyl (C=O) groups excluding carboxylic acids is 3. The fourth-order valence-electron chi connectivity index (χ4n) is 9.64. The molecule has 0 aromatic rings. The molecule has 2 saturated heterocycles. The van der Waals surface area contributed by atoms with Crippen molar-refractivity contribution in [1.82, 2.24) is 15.1 Å². The number of allylic oxidation sites excluding steroid dienone is 8. The Hall–Kier alpha value is -1.86. The van der Waals surface area contributed by atoms with E-state index in [1.165, 1.54) is 133 Å². The quantitative estimate of drug-likeness (QED) is 0.0213. The van der Waals surface area contributed by atoms with Gasteiger partial charge in [-0.25, -0.2) is 0 Å². The molecule has 0 radical (unpaired) electrons. The molecule has 9 nitrogen and oxygen atoms in total. The maximum atomic E-state index is 12.3. The molecule has 3 atom stereocenters. The monoisotopic (exact) mass is 1110 g/mol. The van der Waals surface area contributed by atoms with Gasteiger partial charge in [0.05, 0.1) is 16.1 Å². The van der Waals surface area contributed by atoms with E-state index < -0.39 is 5.79 Å². The number of nitrogens with zero attached hydrogens (tertiary/aromatic N) is 2. The van der Waals surface area contributed by atoms with Gasteiger partial charge in [0.25, 0.3) is 0 Å².